The van der Waals surface area contributed by atoms with Crippen molar-refractivity contribution in [3.8, 4) is 0 Å². The lowest BCUT2D eigenvalue weighted by Gasteiger charge is -2.07. The first-order chi connectivity index (χ1) is 8.24. The van der Waals surface area contributed by atoms with Crippen LogP contribution in [0.15, 0.2) is 18.2 Å². The molecule has 0 aliphatic rings. The molecule has 0 saturated heterocycles. The predicted octanol–water partition coefficient (Wildman–Crippen LogP) is 2.86. The molecule has 0 aliphatic heterocycles. The lowest BCUT2D eigenvalue weighted by atomic mass is 10.0. The molecule has 2 heteroatoms. The molecule has 1 rings (SSSR count). The molecule has 0 unspecified atom stereocenters. The molecule has 0 saturated carbocycles. The highest BCUT2D eigenvalue weighted by atomic mass is 16.5. The van der Waals surface area contributed by atoms with Crippen LogP contribution in [0.1, 0.15) is 30.0 Å². The van der Waals surface area contributed by atoms with Gasteiger partial charge in [-0.25, -0.2) is 0 Å². The van der Waals surface area contributed by atoms with Crippen LogP contribution in [-0.2, 0) is 11.2 Å². The molecular formula is C15H25NO. The zero-order valence-electron chi connectivity index (χ0n) is 11.4. The van der Waals surface area contributed by atoms with Gasteiger partial charge in [0.2, 0.25) is 0 Å². The fourth-order valence-corrected chi connectivity index (χ4v) is 1.70. The molecule has 0 amide bonds. The molecule has 0 spiro atoms. The molecule has 0 aromatic heterocycles. The van der Waals surface area contributed by atoms with Gasteiger partial charge in [0, 0.05) is 6.54 Å². The van der Waals surface area contributed by atoms with E-state index >= 15 is 0 Å². The maximum absolute atomic E-state index is 5.59. The number of rotatable bonds is 8. The van der Waals surface area contributed by atoms with E-state index in [2.05, 4.69) is 44.3 Å². The molecule has 0 heterocycles. The Hall–Kier alpha value is -0.860. The Kier molecular flexibility index (Phi) is 6.90. The van der Waals surface area contributed by atoms with Crippen molar-refractivity contribution >= 4 is 0 Å². The largest absolute Gasteiger partial charge is 0.380 e. The van der Waals surface area contributed by atoms with E-state index in [0.717, 1.165) is 32.7 Å². The van der Waals surface area contributed by atoms with E-state index in [4.69, 9.17) is 4.74 Å². The van der Waals surface area contributed by atoms with Gasteiger partial charge in [-0.15, -0.1) is 0 Å². The minimum atomic E-state index is 0.810. The molecule has 96 valence electrons. The van der Waals surface area contributed by atoms with Crippen LogP contribution in [0.4, 0.5) is 0 Å². The lowest BCUT2D eigenvalue weighted by molar-refractivity contribution is 0.139. The number of ether oxygens (including phenoxy) is 1. The summed E-state index contributed by atoms with van der Waals surface area (Å²) in [4.78, 5) is 0. The summed E-state index contributed by atoms with van der Waals surface area (Å²) in [6.07, 6.45) is 2.19. The summed E-state index contributed by atoms with van der Waals surface area (Å²) in [7, 11) is 0. The van der Waals surface area contributed by atoms with Crippen LogP contribution in [0.5, 0.6) is 0 Å². The smallest absolute Gasteiger partial charge is 0.0591 e. The van der Waals surface area contributed by atoms with Gasteiger partial charge < -0.3 is 10.1 Å². The van der Waals surface area contributed by atoms with Gasteiger partial charge in [0.1, 0.15) is 0 Å². The van der Waals surface area contributed by atoms with Gasteiger partial charge in [0.15, 0.2) is 0 Å². The molecule has 0 atom stereocenters. The van der Waals surface area contributed by atoms with Crippen molar-refractivity contribution in [3.63, 3.8) is 0 Å². The van der Waals surface area contributed by atoms with E-state index in [0.29, 0.717) is 0 Å². The number of aryl methyl sites for hydroxylation is 2. The second-order valence-electron chi connectivity index (χ2n) is 4.53. The summed E-state index contributed by atoms with van der Waals surface area (Å²) < 4.78 is 5.59. The second-order valence-corrected chi connectivity index (χ2v) is 4.53. The Morgan fingerprint density at radius 2 is 1.88 bits per heavy atom. The molecule has 1 aromatic rings. The van der Waals surface area contributed by atoms with Crippen molar-refractivity contribution in [3.05, 3.63) is 34.9 Å². The van der Waals surface area contributed by atoms with E-state index in [1.54, 1.807) is 0 Å². The van der Waals surface area contributed by atoms with Crippen LogP contribution < -0.4 is 5.32 Å². The molecule has 0 bridgehead atoms. The molecule has 0 fully saturated rings. The fourth-order valence-electron chi connectivity index (χ4n) is 1.70. The van der Waals surface area contributed by atoms with Crippen LogP contribution in [0.2, 0.25) is 0 Å². The van der Waals surface area contributed by atoms with E-state index in [9.17, 15) is 0 Å². The topological polar surface area (TPSA) is 21.3 Å². The van der Waals surface area contributed by atoms with Gasteiger partial charge in [-0.05, 0) is 49.9 Å². The van der Waals surface area contributed by atoms with Crippen molar-refractivity contribution in [1.82, 2.24) is 5.32 Å². The first kappa shape index (κ1) is 14.2. The number of benzene rings is 1. The summed E-state index contributed by atoms with van der Waals surface area (Å²) >= 11 is 0. The lowest BCUT2D eigenvalue weighted by Crippen LogP contribution is -2.20. The average Bonchev–Trinajstić information content (AvgIpc) is 2.32. The third kappa shape index (κ3) is 5.85. The van der Waals surface area contributed by atoms with Crippen LogP contribution >= 0.6 is 0 Å². The van der Waals surface area contributed by atoms with Crippen molar-refractivity contribution in [2.24, 2.45) is 0 Å². The number of nitrogens with one attached hydrogen (secondary N) is 1. The maximum Gasteiger partial charge on any atom is 0.0591 e. The quantitative estimate of drug-likeness (QED) is 0.700. The normalized spacial score (nSPS) is 10.8. The van der Waals surface area contributed by atoms with Crippen LogP contribution in [-0.4, -0.2) is 26.3 Å². The average molecular weight is 235 g/mol. The summed E-state index contributed by atoms with van der Waals surface area (Å²) in [6.45, 7) is 10.2. The number of hydrogen-bond donors (Lipinski definition) is 1. The Balaban J connectivity index is 2.11. The standard InChI is InChI=1S/C15H25NO/c1-4-8-16-9-11-17-10-7-15-6-5-13(2)14(3)12-15/h5-6,12,16H,4,7-11H2,1-3H3. The predicted molar refractivity (Wildman–Crippen MR) is 73.6 cm³/mol. The fraction of sp³-hybridized carbons (Fsp3) is 0.600. The van der Waals surface area contributed by atoms with Crippen molar-refractivity contribution < 1.29 is 4.74 Å². The van der Waals surface area contributed by atoms with Crippen LogP contribution in [0.25, 0.3) is 0 Å². The highest BCUT2D eigenvalue weighted by molar-refractivity contribution is 5.29. The van der Waals surface area contributed by atoms with Crippen molar-refractivity contribution in [2.45, 2.75) is 33.6 Å². The molecule has 1 N–H and O–H groups in total. The molecule has 17 heavy (non-hydrogen) atoms. The van der Waals surface area contributed by atoms with E-state index in [1.165, 1.54) is 23.1 Å². The molecule has 1 aromatic carbocycles. The summed E-state index contributed by atoms with van der Waals surface area (Å²) in [5, 5.41) is 3.33. The number of hydrogen-bond acceptors (Lipinski definition) is 2. The third-order valence-corrected chi connectivity index (χ3v) is 2.96. The van der Waals surface area contributed by atoms with Gasteiger partial charge in [0.25, 0.3) is 0 Å². The van der Waals surface area contributed by atoms with E-state index in [-0.39, 0.29) is 0 Å². The molecule has 0 radical (unpaired) electrons. The van der Waals surface area contributed by atoms with Gasteiger partial charge in [-0.1, -0.05) is 25.1 Å². The van der Waals surface area contributed by atoms with Crippen molar-refractivity contribution in [2.75, 3.05) is 26.3 Å². The van der Waals surface area contributed by atoms with E-state index in [1.807, 2.05) is 0 Å². The van der Waals surface area contributed by atoms with Crippen LogP contribution in [0, 0.1) is 13.8 Å². The molecule has 2 nitrogen and oxygen atoms in total. The summed E-state index contributed by atoms with van der Waals surface area (Å²) in [5.41, 5.74) is 4.10. The Morgan fingerprint density at radius 3 is 2.59 bits per heavy atom. The van der Waals surface area contributed by atoms with Gasteiger partial charge in [-0.2, -0.15) is 0 Å². The summed E-state index contributed by atoms with van der Waals surface area (Å²) in [6, 6.07) is 6.64. The highest BCUT2D eigenvalue weighted by Gasteiger charge is 1.96. The van der Waals surface area contributed by atoms with E-state index < -0.39 is 0 Å². The minimum absolute atomic E-state index is 0.810. The Bertz CT molecular complexity index is 323. The first-order valence-corrected chi connectivity index (χ1v) is 6.58. The van der Waals surface area contributed by atoms with Crippen molar-refractivity contribution in [1.29, 1.82) is 0 Å². The molecule has 0 aliphatic carbocycles. The zero-order chi connectivity index (χ0) is 12.5. The monoisotopic (exact) mass is 235 g/mol. The van der Waals surface area contributed by atoms with Gasteiger partial charge >= 0.3 is 0 Å². The van der Waals surface area contributed by atoms with Gasteiger partial charge in [0.05, 0.1) is 13.2 Å². The maximum atomic E-state index is 5.59. The SMILES string of the molecule is CCCNCCOCCc1ccc(C)c(C)c1. The minimum Gasteiger partial charge on any atom is -0.380 e. The zero-order valence-corrected chi connectivity index (χ0v) is 11.4. The Morgan fingerprint density at radius 1 is 1.06 bits per heavy atom. The molecular weight excluding hydrogens is 210 g/mol. The highest BCUT2D eigenvalue weighted by Crippen LogP contribution is 2.10. The first-order valence-electron chi connectivity index (χ1n) is 6.58. The van der Waals surface area contributed by atoms with Gasteiger partial charge in [-0.3, -0.25) is 0 Å². The van der Waals surface area contributed by atoms with Crippen LogP contribution in [0.3, 0.4) is 0 Å². The third-order valence-electron chi connectivity index (χ3n) is 2.96. The summed E-state index contributed by atoms with van der Waals surface area (Å²) in [5.74, 6) is 0. The second kappa shape index (κ2) is 8.26. The Labute approximate surface area is 105 Å².